The summed E-state index contributed by atoms with van der Waals surface area (Å²) in [5.74, 6) is -0.685. The third-order valence-corrected chi connectivity index (χ3v) is 4.42. The normalized spacial score (nSPS) is 10.9. The number of carbonyl (C=O) groups is 2. The lowest BCUT2D eigenvalue weighted by atomic mass is 10.2. The van der Waals surface area contributed by atoms with E-state index in [-0.39, 0.29) is 23.8 Å². The Kier molecular flexibility index (Phi) is 5.32. The first-order valence-corrected chi connectivity index (χ1v) is 7.66. The molecule has 0 atom stereocenters. The summed E-state index contributed by atoms with van der Waals surface area (Å²) >= 11 is 7.45. The molecule has 0 spiro atoms. The van der Waals surface area contributed by atoms with Gasteiger partial charge in [-0.05, 0) is 12.1 Å². The average molecular weight is 352 g/mol. The highest BCUT2D eigenvalue weighted by molar-refractivity contribution is 7.18. The molecule has 1 amide bonds. The number of Topliss-reactive ketones (excluding diaryl/α,β-unsaturated/α-hetero) is 1. The molecule has 0 aromatic carbocycles. The molecule has 5 nitrogen and oxygen atoms in total. The summed E-state index contributed by atoms with van der Waals surface area (Å²) in [7, 11) is 0. The molecular weight excluding hydrogens is 344 g/mol. The molecule has 0 aliphatic rings. The summed E-state index contributed by atoms with van der Waals surface area (Å²) in [6.07, 6.45) is -2.79. The predicted octanol–water partition coefficient (Wildman–Crippen LogP) is 3.79. The molecule has 2 aromatic rings. The van der Waals surface area contributed by atoms with Crippen LogP contribution in [-0.4, -0.2) is 21.9 Å². The molecule has 1 N–H and O–H groups in total. The lowest BCUT2D eigenvalue weighted by molar-refractivity contribution is -0.116. The van der Waals surface area contributed by atoms with E-state index in [0.717, 1.165) is 11.3 Å². The molecular formula is C11H8ClF2N3O2S2. The number of rotatable bonds is 6. The number of aromatic nitrogens is 2. The monoisotopic (exact) mass is 351 g/mol. The SMILES string of the molecule is O=C(CCC(=O)c1ccc(Cl)s1)Nc1nnc(C(F)F)s1. The minimum atomic E-state index is -2.72. The number of nitrogens with zero attached hydrogens (tertiary/aromatic N) is 2. The highest BCUT2D eigenvalue weighted by atomic mass is 35.5. The van der Waals surface area contributed by atoms with E-state index < -0.39 is 17.3 Å². The molecule has 0 radical (unpaired) electrons. The Morgan fingerprint density at radius 1 is 1.24 bits per heavy atom. The van der Waals surface area contributed by atoms with Crippen LogP contribution in [0.3, 0.4) is 0 Å². The molecule has 2 rings (SSSR count). The van der Waals surface area contributed by atoms with E-state index in [1.165, 1.54) is 0 Å². The third-order valence-electron chi connectivity index (χ3n) is 2.30. The predicted molar refractivity (Wildman–Crippen MR) is 76.4 cm³/mol. The van der Waals surface area contributed by atoms with Gasteiger partial charge in [0, 0.05) is 12.8 Å². The second kappa shape index (κ2) is 7.01. The first kappa shape index (κ1) is 15.9. The van der Waals surface area contributed by atoms with Crippen LogP contribution in [-0.2, 0) is 4.79 Å². The number of ketones is 1. The van der Waals surface area contributed by atoms with E-state index in [1.807, 2.05) is 0 Å². The van der Waals surface area contributed by atoms with Gasteiger partial charge in [-0.1, -0.05) is 22.9 Å². The van der Waals surface area contributed by atoms with Gasteiger partial charge < -0.3 is 5.32 Å². The quantitative estimate of drug-likeness (QED) is 0.804. The summed E-state index contributed by atoms with van der Waals surface area (Å²) in [4.78, 5) is 23.8. The minimum absolute atomic E-state index is 0.00316. The van der Waals surface area contributed by atoms with E-state index in [1.54, 1.807) is 12.1 Å². The smallest absolute Gasteiger partial charge is 0.291 e. The van der Waals surface area contributed by atoms with Gasteiger partial charge in [0.15, 0.2) is 10.8 Å². The first-order valence-electron chi connectivity index (χ1n) is 5.65. The standard InChI is InChI=1S/C11H8ClF2N3O2S2/c12-7-3-2-6(20-7)5(18)1-4-8(19)15-11-17-16-10(21-11)9(13)14/h2-3,9H,1,4H2,(H,15,17,19). The van der Waals surface area contributed by atoms with Crippen LogP contribution < -0.4 is 5.32 Å². The number of hydrogen-bond acceptors (Lipinski definition) is 6. The molecule has 0 saturated heterocycles. The number of anilines is 1. The fourth-order valence-electron chi connectivity index (χ4n) is 1.37. The second-order valence-electron chi connectivity index (χ2n) is 3.82. The van der Waals surface area contributed by atoms with E-state index in [0.29, 0.717) is 20.6 Å². The van der Waals surface area contributed by atoms with Crippen molar-refractivity contribution >= 4 is 51.1 Å². The van der Waals surface area contributed by atoms with Crippen molar-refractivity contribution in [2.75, 3.05) is 5.32 Å². The van der Waals surface area contributed by atoms with Gasteiger partial charge in [0.05, 0.1) is 9.21 Å². The Bertz CT molecular complexity index is 659. The van der Waals surface area contributed by atoms with Gasteiger partial charge in [-0.3, -0.25) is 9.59 Å². The summed E-state index contributed by atoms with van der Waals surface area (Å²) in [5, 5.41) is 8.51. The maximum Gasteiger partial charge on any atom is 0.291 e. The van der Waals surface area contributed by atoms with Crippen LogP contribution in [0.2, 0.25) is 4.34 Å². The van der Waals surface area contributed by atoms with Crippen LogP contribution in [0.15, 0.2) is 12.1 Å². The van der Waals surface area contributed by atoms with Crippen molar-refractivity contribution in [3.8, 4) is 0 Å². The summed E-state index contributed by atoms with van der Waals surface area (Å²) in [5.41, 5.74) is 0. The van der Waals surface area contributed by atoms with E-state index in [4.69, 9.17) is 11.6 Å². The molecule has 0 bridgehead atoms. The summed E-state index contributed by atoms with van der Waals surface area (Å²) in [6.45, 7) is 0. The van der Waals surface area contributed by atoms with Gasteiger partial charge >= 0.3 is 0 Å². The van der Waals surface area contributed by atoms with Crippen molar-refractivity contribution in [2.24, 2.45) is 0 Å². The number of alkyl halides is 2. The minimum Gasteiger partial charge on any atom is -0.301 e. The fourth-order valence-corrected chi connectivity index (χ4v) is 3.00. The zero-order valence-electron chi connectivity index (χ0n) is 10.3. The van der Waals surface area contributed by atoms with E-state index >= 15 is 0 Å². The maximum absolute atomic E-state index is 12.3. The van der Waals surface area contributed by atoms with Crippen molar-refractivity contribution in [3.05, 3.63) is 26.4 Å². The van der Waals surface area contributed by atoms with Gasteiger partial charge in [-0.25, -0.2) is 8.78 Å². The molecule has 0 aliphatic carbocycles. The van der Waals surface area contributed by atoms with Crippen LogP contribution in [0.25, 0.3) is 0 Å². The van der Waals surface area contributed by atoms with Gasteiger partial charge in [0.25, 0.3) is 6.43 Å². The fraction of sp³-hybridized carbons (Fsp3) is 0.273. The number of halogens is 3. The molecule has 112 valence electrons. The lowest BCUT2D eigenvalue weighted by Gasteiger charge is -1.99. The number of carbonyl (C=O) groups excluding carboxylic acids is 2. The maximum atomic E-state index is 12.3. The topological polar surface area (TPSA) is 72.0 Å². The molecule has 10 heteroatoms. The van der Waals surface area contributed by atoms with Crippen LogP contribution in [0.1, 0.15) is 33.9 Å². The molecule has 2 heterocycles. The summed E-state index contributed by atoms with van der Waals surface area (Å²) < 4.78 is 25.1. The van der Waals surface area contributed by atoms with Gasteiger partial charge in [0.2, 0.25) is 11.0 Å². The molecule has 21 heavy (non-hydrogen) atoms. The molecule has 2 aromatic heterocycles. The third kappa shape index (κ3) is 4.51. The first-order chi connectivity index (χ1) is 9.95. The number of thiophene rings is 1. The number of hydrogen-bond donors (Lipinski definition) is 1. The highest BCUT2D eigenvalue weighted by Crippen LogP contribution is 2.25. The van der Waals surface area contributed by atoms with Gasteiger partial charge in [-0.15, -0.1) is 21.5 Å². The van der Waals surface area contributed by atoms with Crippen molar-refractivity contribution in [1.82, 2.24) is 10.2 Å². The molecule has 0 unspecified atom stereocenters. The van der Waals surface area contributed by atoms with Crippen molar-refractivity contribution in [1.29, 1.82) is 0 Å². The van der Waals surface area contributed by atoms with Gasteiger partial charge in [-0.2, -0.15) is 0 Å². The van der Waals surface area contributed by atoms with Crippen LogP contribution in [0.4, 0.5) is 13.9 Å². The summed E-state index contributed by atoms with van der Waals surface area (Å²) in [6, 6.07) is 3.19. The lowest BCUT2D eigenvalue weighted by Crippen LogP contribution is -2.13. The van der Waals surface area contributed by atoms with Crippen molar-refractivity contribution < 1.29 is 18.4 Å². The van der Waals surface area contributed by atoms with Crippen molar-refractivity contribution in [2.45, 2.75) is 19.3 Å². The van der Waals surface area contributed by atoms with E-state index in [2.05, 4.69) is 15.5 Å². The molecule has 0 fully saturated rings. The molecule has 0 saturated carbocycles. The Labute approximate surface area is 131 Å². The Morgan fingerprint density at radius 2 is 2.00 bits per heavy atom. The van der Waals surface area contributed by atoms with Crippen LogP contribution in [0.5, 0.6) is 0 Å². The van der Waals surface area contributed by atoms with Crippen LogP contribution in [0, 0.1) is 0 Å². The largest absolute Gasteiger partial charge is 0.301 e. The second-order valence-corrected chi connectivity index (χ2v) is 6.55. The Hall–Kier alpha value is -1.45. The van der Waals surface area contributed by atoms with E-state index in [9.17, 15) is 18.4 Å². The zero-order chi connectivity index (χ0) is 15.4. The highest BCUT2D eigenvalue weighted by Gasteiger charge is 2.16. The number of amides is 1. The number of nitrogens with one attached hydrogen (secondary N) is 1. The van der Waals surface area contributed by atoms with Gasteiger partial charge in [0.1, 0.15) is 0 Å². The average Bonchev–Trinajstić information content (AvgIpc) is 3.05. The molecule has 0 aliphatic heterocycles. The van der Waals surface area contributed by atoms with Crippen molar-refractivity contribution in [3.63, 3.8) is 0 Å². The zero-order valence-corrected chi connectivity index (χ0v) is 12.7. The Balaban J connectivity index is 1.83. The van der Waals surface area contributed by atoms with Crippen LogP contribution >= 0.6 is 34.3 Å². The Morgan fingerprint density at radius 3 is 2.57 bits per heavy atom.